The lowest BCUT2D eigenvalue weighted by atomic mass is 10.0. The summed E-state index contributed by atoms with van der Waals surface area (Å²) in [5.74, 6) is 0.915. The van der Waals surface area contributed by atoms with E-state index in [4.69, 9.17) is 14.9 Å². The van der Waals surface area contributed by atoms with E-state index in [1.165, 1.54) is 16.7 Å². The molecule has 34 heavy (non-hydrogen) atoms. The molecule has 2 rings (SSSR count). The van der Waals surface area contributed by atoms with E-state index in [-0.39, 0.29) is 30.0 Å². The van der Waals surface area contributed by atoms with Crippen molar-refractivity contribution in [1.29, 1.82) is 0 Å². The van der Waals surface area contributed by atoms with Crippen molar-refractivity contribution in [1.82, 2.24) is 5.32 Å². The van der Waals surface area contributed by atoms with Gasteiger partial charge in [0.15, 0.2) is 0 Å². The van der Waals surface area contributed by atoms with E-state index in [9.17, 15) is 4.79 Å². The number of amides is 1. The number of carbonyl (C=O) groups is 1. The molecule has 0 bridgehead atoms. The van der Waals surface area contributed by atoms with Crippen LogP contribution in [0.2, 0.25) is 0 Å². The number of hydrogen-bond donors (Lipinski definition) is 3. The highest BCUT2D eigenvalue weighted by Gasteiger charge is 2.14. The predicted molar refractivity (Wildman–Crippen MR) is 143 cm³/mol. The average Bonchev–Trinajstić information content (AvgIpc) is 2.85. The van der Waals surface area contributed by atoms with Crippen LogP contribution in [0.5, 0.6) is 0 Å². The number of carbonyl (C=O) groups excluding carboxylic acids is 1. The van der Waals surface area contributed by atoms with Gasteiger partial charge < -0.3 is 20.3 Å². The van der Waals surface area contributed by atoms with E-state index in [0.717, 1.165) is 25.7 Å². The first-order chi connectivity index (χ1) is 16.3. The van der Waals surface area contributed by atoms with Gasteiger partial charge in [0.1, 0.15) is 0 Å². The minimum atomic E-state index is -0.0769. The number of rotatable bonds is 11. The van der Waals surface area contributed by atoms with Gasteiger partial charge in [-0.25, -0.2) is 0 Å². The third kappa shape index (κ3) is 13.5. The normalized spacial score (nSPS) is 11.5. The number of aryl methyl sites for hydroxylation is 1. The molecule has 0 fully saturated rings. The van der Waals surface area contributed by atoms with Gasteiger partial charge in [0.05, 0.1) is 18.1 Å². The van der Waals surface area contributed by atoms with E-state index < -0.39 is 0 Å². The number of hydrogen-bond acceptors (Lipinski definition) is 4. The van der Waals surface area contributed by atoms with Crippen LogP contribution in [-0.4, -0.2) is 35.9 Å². The van der Waals surface area contributed by atoms with E-state index in [1.807, 2.05) is 26.8 Å². The summed E-state index contributed by atoms with van der Waals surface area (Å²) in [6.07, 6.45) is 2.46. The smallest absolute Gasteiger partial charge is 0.220 e. The Bertz CT molecular complexity index is 831. The zero-order valence-electron chi connectivity index (χ0n) is 21.5. The lowest BCUT2D eigenvalue weighted by molar-refractivity contribution is -0.121. The molecule has 5 heteroatoms. The molecule has 0 saturated heterocycles. The second-order valence-electron chi connectivity index (χ2n) is 7.99. The second kappa shape index (κ2) is 18.4. The van der Waals surface area contributed by atoms with Crippen LogP contribution in [0.15, 0.2) is 79.3 Å². The summed E-state index contributed by atoms with van der Waals surface area (Å²) in [4.78, 5) is 11.5. The first-order valence-corrected chi connectivity index (χ1v) is 11.8. The van der Waals surface area contributed by atoms with Crippen molar-refractivity contribution in [3.8, 4) is 11.1 Å². The minimum Gasteiger partial charge on any atom is -0.513 e. The Morgan fingerprint density at radius 1 is 0.941 bits per heavy atom. The maximum absolute atomic E-state index is 11.5. The molecule has 0 saturated carbocycles. The molecule has 0 aliphatic rings. The summed E-state index contributed by atoms with van der Waals surface area (Å²) >= 11 is 0. The second-order valence-corrected chi connectivity index (χ2v) is 7.99. The van der Waals surface area contributed by atoms with Crippen molar-refractivity contribution in [3.63, 3.8) is 0 Å². The summed E-state index contributed by atoms with van der Waals surface area (Å²) in [5.41, 5.74) is 3.97. The van der Waals surface area contributed by atoms with E-state index in [0.29, 0.717) is 13.0 Å². The van der Waals surface area contributed by atoms with Crippen LogP contribution in [0.1, 0.15) is 52.5 Å². The van der Waals surface area contributed by atoms with Crippen LogP contribution in [0.4, 0.5) is 0 Å². The summed E-state index contributed by atoms with van der Waals surface area (Å²) in [6, 6.07) is 19.3. The minimum absolute atomic E-state index is 0.0379. The molecular formula is C29H43NO4. The highest BCUT2D eigenvalue weighted by Crippen LogP contribution is 2.19. The molecule has 0 aromatic heterocycles. The number of benzene rings is 2. The maximum atomic E-state index is 11.5. The third-order valence-corrected chi connectivity index (χ3v) is 5.10. The van der Waals surface area contributed by atoms with Gasteiger partial charge in [0.2, 0.25) is 5.91 Å². The molecule has 0 heterocycles. The Balaban J connectivity index is 0.000000608. The van der Waals surface area contributed by atoms with E-state index in [1.54, 1.807) is 0 Å². The molecule has 188 valence electrons. The molecule has 0 aliphatic carbocycles. The fourth-order valence-electron chi connectivity index (χ4n) is 3.22. The van der Waals surface area contributed by atoms with E-state index >= 15 is 0 Å². The molecule has 0 radical (unpaired) electrons. The molecule has 2 aromatic carbocycles. The van der Waals surface area contributed by atoms with Crippen LogP contribution < -0.4 is 5.32 Å². The fourth-order valence-corrected chi connectivity index (χ4v) is 3.22. The fraction of sp³-hybridized carbons (Fsp3) is 0.414. The molecular weight excluding hydrogens is 426 g/mol. The number of nitrogens with one attached hydrogen (secondary N) is 1. The van der Waals surface area contributed by atoms with Gasteiger partial charge in [-0.1, -0.05) is 81.6 Å². The third-order valence-electron chi connectivity index (χ3n) is 5.10. The quantitative estimate of drug-likeness (QED) is 0.331. The van der Waals surface area contributed by atoms with Crippen molar-refractivity contribution in [2.24, 2.45) is 5.92 Å². The zero-order chi connectivity index (χ0) is 25.9. The molecule has 1 unspecified atom stereocenters. The van der Waals surface area contributed by atoms with Crippen LogP contribution in [-0.2, 0) is 16.0 Å². The molecule has 0 aliphatic heterocycles. The number of allylic oxidation sites excluding steroid dienone is 2. The monoisotopic (exact) mass is 469 g/mol. The Morgan fingerprint density at radius 2 is 1.50 bits per heavy atom. The van der Waals surface area contributed by atoms with Crippen molar-refractivity contribution in [3.05, 3.63) is 84.8 Å². The Hall–Kier alpha value is -3.05. The van der Waals surface area contributed by atoms with Crippen LogP contribution in [0, 0.1) is 5.92 Å². The van der Waals surface area contributed by atoms with Crippen LogP contribution in [0.3, 0.4) is 0 Å². The lowest BCUT2D eigenvalue weighted by Crippen LogP contribution is -2.33. The lowest BCUT2D eigenvalue weighted by Gasteiger charge is -2.20. The number of aliphatic hydroxyl groups is 2. The molecule has 1 amide bonds. The number of aliphatic hydroxyl groups excluding tert-OH is 2. The first-order valence-electron chi connectivity index (χ1n) is 11.8. The van der Waals surface area contributed by atoms with Crippen molar-refractivity contribution < 1.29 is 19.7 Å². The highest BCUT2D eigenvalue weighted by atomic mass is 16.5. The predicted octanol–water partition coefficient (Wildman–Crippen LogP) is 6.44. The Kier molecular flexibility index (Phi) is 16.7. The van der Waals surface area contributed by atoms with Gasteiger partial charge in [0.25, 0.3) is 0 Å². The molecule has 5 nitrogen and oxygen atoms in total. The van der Waals surface area contributed by atoms with Gasteiger partial charge in [-0.15, -0.1) is 0 Å². The van der Waals surface area contributed by atoms with Gasteiger partial charge in [-0.05, 0) is 43.4 Å². The molecule has 0 spiro atoms. The highest BCUT2D eigenvalue weighted by molar-refractivity contribution is 5.76. The zero-order valence-corrected chi connectivity index (χ0v) is 21.5. The number of ether oxygens (including phenoxy) is 1. The average molecular weight is 470 g/mol. The molecule has 3 N–H and O–H groups in total. The summed E-state index contributed by atoms with van der Waals surface area (Å²) in [7, 11) is 1.00. The van der Waals surface area contributed by atoms with Gasteiger partial charge in [-0.2, -0.15) is 0 Å². The summed E-state index contributed by atoms with van der Waals surface area (Å²) in [5, 5.41) is 18.8. The largest absolute Gasteiger partial charge is 0.513 e. The first kappa shape index (κ1) is 31.0. The van der Waals surface area contributed by atoms with Crippen LogP contribution >= 0.6 is 0 Å². The van der Waals surface area contributed by atoms with E-state index in [2.05, 4.69) is 73.9 Å². The summed E-state index contributed by atoms with van der Waals surface area (Å²) < 4.78 is 5.34. The molecule has 2 aromatic rings. The maximum Gasteiger partial charge on any atom is 0.220 e. The topological polar surface area (TPSA) is 78.8 Å². The standard InChI is InChI=1S/C14H25NO3.C14H14.CH4O/c1-6-18-13(5)10(2)9-11(3)15-14(17)8-7-12(4)16;1-2-12-8-10-14(11-9-12)13-6-4-3-5-7-13;1-2/h10-11,16H,4-9H2,1-3H3,(H,15,17);3-11H,2H2,1H3;2H,1H3/t10-,11?;;/m1../s1. The summed E-state index contributed by atoms with van der Waals surface area (Å²) in [6.45, 7) is 15.9. The Morgan fingerprint density at radius 3 is 2.00 bits per heavy atom. The van der Waals surface area contributed by atoms with Gasteiger partial charge >= 0.3 is 0 Å². The van der Waals surface area contributed by atoms with Crippen molar-refractivity contribution in [2.45, 2.75) is 59.4 Å². The van der Waals surface area contributed by atoms with Gasteiger partial charge in [0, 0.05) is 31.9 Å². The Labute approximate surface area is 206 Å². The van der Waals surface area contributed by atoms with Gasteiger partial charge in [-0.3, -0.25) is 4.79 Å². The molecule has 2 atom stereocenters. The van der Waals surface area contributed by atoms with Crippen molar-refractivity contribution in [2.75, 3.05) is 13.7 Å². The van der Waals surface area contributed by atoms with Crippen LogP contribution in [0.25, 0.3) is 11.1 Å². The SMILES string of the molecule is C=C(O)CCC(=O)NC(C)C[C@@H](C)C(=C)OCC.CCc1ccc(-c2ccccc2)cc1.CO. The van der Waals surface area contributed by atoms with Crippen molar-refractivity contribution >= 4 is 5.91 Å².